The van der Waals surface area contributed by atoms with Crippen molar-refractivity contribution in [1.29, 1.82) is 0 Å². The van der Waals surface area contributed by atoms with Crippen LogP contribution in [0.1, 0.15) is 37.7 Å². The van der Waals surface area contributed by atoms with Crippen molar-refractivity contribution in [2.75, 3.05) is 0 Å². The van der Waals surface area contributed by atoms with Crippen LogP contribution < -0.4 is 0 Å². The summed E-state index contributed by atoms with van der Waals surface area (Å²) in [4.78, 5) is 11.7. The first kappa shape index (κ1) is 17.0. The van der Waals surface area contributed by atoms with Gasteiger partial charge in [0.25, 0.3) is 0 Å². The Balaban J connectivity index is 2.58. The number of ether oxygens (including phenoxy) is 1. The Morgan fingerprint density at radius 2 is 1.86 bits per heavy atom. The van der Waals surface area contributed by atoms with Gasteiger partial charge in [0.1, 0.15) is 6.10 Å². The maximum atomic E-state index is 11.7. The Kier molecular flexibility index (Phi) is 8.62. The fraction of sp³-hybridized carbons (Fsp3) is 0.316. The summed E-state index contributed by atoms with van der Waals surface area (Å²) in [7, 11) is 0. The summed E-state index contributed by atoms with van der Waals surface area (Å²) in [5, 5.41) is 0. The molecule has 112 valence electrons. The van der Waals surface area contributed by atoms with Crippen LogP contribution in [0.4, 0.5) is 0 Å². The Hall–Kier alpha value is -2.09. The molecule has 1 rings (SSSR count). The second-order valence-corrected chi connectivity index (χ2v) is 4.85. The highest BCUT2D eigenvalue weighted by Crippen LogP contribution is 2.11. The van der Waals surface area contributed by atoms with E-state index in [1.165, 1.54) is 0 Å². The zero-order chi connectivity index (χ0) is 15.3. The van der Waals surface area contributed by atoms with Crippen LogP contribution in [0.25, 0.3) is 6.08 Å². The zero-order valence-electron chi connectivity index (χ0n) is 12.5. The van der Waals surface area contributed by atoms with Gasteiger partial charge in [0.2, 0.25) is 0 Å². The van der Waals surface area contributed by atoms with Crippen LogP contribution in [0.3, 0.4) is 0 Å². The van der Waals surface area contributed by atoms with Crippen LogP contribution in [-0.2, 0) is 9.53 Å². The van der Waals surface area contributed by atoms with Crippen molar-refractivity contribution in [3.05, 3.63) is 67.3 Å². The van der Waals surface area contributed by atoms with Gasteiger partial charge in [-0.05, 0) is 37.3 Å². The van der Waals surface area contributed by atoms with Crippen LogP contribution in [0.2, 0.25) is 0 Å². The van der Waals surface area contributed by atoms with Crippen LogP contribution in [-0.4, -0.2) is 12.1 Å². The van der Waals surface area contributed by atoms with Crippen molar-refractivity contribution >= 4 is 12.0 Å². The molecule has 0 amide bonds. The first-order chi connectivity index (χ1) is 10.3. The molecule has 2 heteroatoms. The summed E-state index contributed by atoms with van der Waals surface area (Å²) in [6.07, 6.45) is 11.1. The SMILES string of the molecule is C=CCCC[C@@H](/C=C/c1ccccc1)OC(=O)CCC=C. The van der Waals surface area contributed by atoms with Gasteiger partial charge in [-0.25, -0.2) is 0 Å². The van der Waals surface area contributed by atoms with Gasteiger partial charge in [0.15, 0.2) is 0 Å². The summed E-state index contributed by atoms with van der Waals surface area (Å²) in [5.41, 5.74) is 1.10. The van der Waals surface area contributed by atoms with Crippen molar-refractivity contribution in [3.63, 3.8) is 0 Å². The molecule has 0 aromatic heterocycles. The highest BCUT2D eigenvalue weighted by atomic mass is 16.5. The van der Waals surface area contributed by atoms with Gasteiger partial charge in [0.05, 0.1) is 0 Å². The average Bonchev–Trinajstić information content (AvgIpc) is 2.51. The molecule has 0 saturated heterocycles. The second-order valence-electron chi connectivity index (χ2n) is 4.85. The van der Waals surface area contributed by atoms with Crippen molar-refractivity contribution in [1.82, 2.24) is 0 Å². The average molecular weight is 284 g/mol. The monoisotopic (exact) mass is 284 g/mol. The van der Waals surface area contributed by atoms with Crippen LogP contribution in [0.15, 0.2) is 61.7 Å². The van der Waals surface area contributed by atoms with Crippen molar-refractivity contribution in [3.8, 4) is 0 Å². The van der Waals surface area contributed by atoms with E-state index in [9.17, 15) is 4.79 Å². The summed E-state index contributed by atoms with van der Waals surface area (Å²) in [6.45, 7) is 7.33. The number of benzene rings is 1. The summed E-state index contributed by atoms with van der Waals surface area (Å²) in [6, 6.07) is 10.0. The van der Waals surface area contributed by atoms with E-state index >= 15 is 0 Å². The van der Waals surface area contributed by atoms with Gasteiger partial charge in [-0.2, -0.15) is 0 Å². The first-order valence-electron chi connectivity index (χ1n) is 7.40. The number of rotatable bonds is 10. The molecule has 0 aliphatic rings. The standard InChI is InChI=1S/C19H24O2/c1-3-5-8-13-18(21-19(20)14-6-4-2)16-15-17-11-9-7-10-12-17/h3-4,7,9-12,15-16,18H,1-2,5-6,8,13-14H2/b16-15+/t18-/m0/s1. The van der Waals surface area contributed by atoms with Crippen molar-refractivity contribution < 1.29 is 9.53 Å². The Morgan fingerprint density at radius 1 is 1.14 bits per heavy atom. The van der Waals surface area contributed by atoms with E-state index in [1.807, 2.05) is 48.6 Å². The van der Waals surface area contributed by atoms with Gasteiger partial charge in [-0.1, -0.05) is 48.6 Å². The lowest BCUT2D eigenvalue weighted by Gasteiger charge is -2.14. The molecule has 0 bridgehead atoms. The lowest BCUT2D eigenvalue weighted by Crippen LogP contribution is -2.15. The first-order valence-corrected chi connectivity index (χ1v) is 7.40. The molecule has 0 radical (unpaired) electrons. The van der Waals surface area contributed by atoms with Crippen LogP contribution in [0.5, 0.6) is 0 Å². The van der Waals surface area contributed by atoms with E-state index in [-0.39, 0.29) is 12.1 Å². The summed E-state index contributed by atoms with van der Waals surface area (Å²) >= 11 is 0. The Labute approximate surface area is 127 Å². The molecule has 0 N–H and O–H groups in total. The predicted octanol–water partition coefficient (Wildman–Crippen LogP) is 4.93. The number of hydrogen-bond donors (Lipinski definition) is 0. The highest BCUT2D eigenvalue weighted by molar-refractivity contribution is 5.70. The van der Waals surface area contributed by atoms with Gasteiger partial charge in [-0.3, -0.25) is 4.79 Å². The third-order valence-electron chi connectivity index (χ3n) is 3.04. The van der Waals surface area contributed by atoms with Crippen LogP contribution >= 0.6 is 0 Å². The van der Waals surface area contributed by atoms with E-state index in [2.05, 4.69) is 13.2 Å². The third kappa shape index (κ3) is 7.93. The third-order valence-corrected chi connectivity index (χ3v) is 3.04. The fourth-order valence-corrected chi connectivity index (χ4v) is 1.89. The van der Waals surface area contributed by atoms with Crippen molar-refractivity contribution in [2.45, 2.75) is 38.2 Å². The van der Waals surface area contributed by atoms with E-state index in [4.69, 9.17) is 4.74 Å². The molecular weight excluding hydrogens is 260 g/mol. The molecule has 0 aliphatic heterocycles. The minimum Gasteiger partial charge on any atom is -0.458 e. The van der Waals surface area contributed by atoms with E-state index in [0.717, 1.165) is 24.8 Å². The lowest BCUT2D eigenvalue weighted by atomic mass is 10.1. The number of esters is 1. The predicted molar refractivity (Wildman–Crippen MR) is 88.8 cm³/mol. The van der Waals surface area contributed by atoms with Gasteiger partial charge >= 0.3 is 5.97 Å². The molecule has 1 atom stereocenters. The summed E-state index contributed by atoms with van der Waals surface area (Å²) < 4.78 is 5.51. The maximum Gasteiger partial charge on any atom is 0.306 e. The largest absolute Gasteiger partial charge is 0.458 e. The number of unbranched alkanes of at least 4 members (excludes halogenated alkanes) is 1. The van der Waals surface area contributed by atoms with E-state index < -0.39 is 0 Å². The highest BCUT2D eigenvalue weighted by Gasteiger charge is 2.10. The number of carbonyl (C=O) groups excluding carboxylic acids is 1. The molecule has 1 aromatic carbocycles. The van der Waals surface area contributed by atoms with Gasteiger partial charge < -0.3 is 4.74 Å². The zero-order valence-corrected chi connectivity index (χ0v) is 12.5. The number of carbonyl (C=O) groups is 1. The van der Waals surface area contributed by atoms with Crippen molar-refractivity contribution in [2.24, 2.45) is 0 Å². The normalized spacial score (nSPS) is 12.0. The molecule has 0 fully saturated rings. The summed E-state index contributed by atoms with van der Waals surface area (Å²) in [5.74, 6) is -0.170. The quantitative estimate of drug-likeness (QED) is 0.346. The minimum absolute atomic E-state index is 0.170. The fourth-order valence-electron chi connectivity index (χ4n) is 1.89. The molecule has 21 heavy (non-hydrogen) atoms. The minimum atomic E-state index is -0.178. The number of hydrogen-bond acceptors (Lipinski definition) is 2. The molecule has 1 aromatic rings. The molecule has 0 heterocycles. The maximum absolute atomic E-state index is 11.7. The molecule has 0 unspecified atom stereocenters. The molecule has 0 saturated carbocycles. The smallest absolute Gasteiger partial charge is 0.306 e. The second kappa shape index (κ2) is 10.7. The topological polar surface area (TPSA) is 26.3 Å². The van der Waals surface area contributed by atoms with Crippen LogP contribution in [0, 0.1) is 0 Å². The van der Waals surface area contributed by atoms with Gasteiger partial charge in [-0.15, -0.1) is 13.2 Å². The van der Waals surface area contributed by atoms with E-state index in [1.54, 1.807) is 6.08 Å². The lowest BCUT2D eigenvalue weighted by molar-refractivity contribution is -0.147. The Bertz CT molecular complexity index is 460. The molecule has 0 spiro atoms. The number of allylic oxidation sites excluding steroid dienone is 2. The molecule has 0 aliphatic carbocycles. The molecular formula is C19H24O2. The van der Waals surface area contributed by atoms with Gasteiger partial charge in [0, 0.05) is 6.42 Å². The van der Waals surface area contributed by atoms with E-state index in [0.29, 0.717) is 12.8 Å². The molecule has 2 nitrogen and oxygen atoms in total. The Morgan fingerprint density at radius 3 is 2.52 bits per heavy atom.